The molecule has 0 saturated carbocycles. The van der Waals surface area contributed by atoms with Crippen LogP contribution in [-0.4, -0.2) is 36.1 Å². The van der Waals surface area contributed by atoms with Gasteiger partial charge < -0.3 is 15.6 Å². The lowest BCUT2D eigenvalue weighted by atomic mass is 10.1. The van der Waals surface area contributed by atoms with Crippen LogP contribution >= 0.6 is 11.6 Å². The summed E-state index contributed by atoms with van der Waals surface area (Å²) in [5, 5.41) is 7.47. The number of fused-ring (bicyclic) bond motifs is 1. The SMILES string of the molecule is CN=C(NCCCc1nc2ccccc2[nH]1)NCCc1ccccc1Cl. The van der Waals surface area contributed by atoms with Crippen molar-refractivity contribution in [2.75, 3.05) is 20.1 Å². The van der Waals surface area contributed by atoms with Gasteiger partial charge in [-0.15, -0.1) is 0 Å². The number of aryl methyl sites for hydroxylation is 1. The summed E-state index contributed by atoms with van der Waals surface area (Å²) in [5.41, 5.74) is 3.25. The minimum absolute atomic E-state index is 0.785. The molecular formula is C20H24ClN5. The fourth-order valence-electron chi connectivity index (χ4n) is 2.82. The second-order valence-electron chi connectivity index (χ2n) is 6.07. The molecule has 1 aromatic heterocycles. The Bertz CT molecular complexity index is 838. The number of aromatic nitrogens is 2. The molecule has 3 rings (SSSR count). The number of hydrogen-bond acceptors (Lipinski definition) is 2. The normalized spacial score (nSPS) is 11.7. The highest BCUT2D eigenvalue weighted by atomic mass is 35.5. The van der Waals surface area contributed by atoms with E-state index in [4.69, 9.17) is 11.6 Å². The third-order valence-electron chi connectivity index (χ3n) is 4.19. The minimum atomic E-state index is 0.785. The smallest absolute Gasteiger partial charge is 0.190 e. The molecule has 26 heavy (non-hydrogen) atoms. The predicted molar refractivity (Wildman–Crippen MR) is 109 cm³/mol. The largest absolute Gasteiger partial charge is 0.356 e. The Kier molecular flexibility index (Phi) is 6.50. The number of aliphatic imine (C=N–C) groups is 1. The van der Waals surface area contributed by atoms with E-state index in [-0.39, 0.29) is 0 Å². The molecule has 0 unspecified atom stereocenters. The highest BCUT2D eigenvalue weighted by molar-refractivity contribution is 6.31. The van der Waals surface area contributed by atoms with E-state index in [1.165, 1.54) is 0 Å². The van der Waals surface area contributed by atoms with Crippen molar-refractivity contribution in [1.82, 2.24) is 20.6 Å². The topological polar surface area (TPSA) is 65.1 Å². The van der Waals surface area contributed by atoms with Crippen LogP contribution in [-0.2, 0) is 12.8 Å². The number of halogens is 1. The molecule has 0 aliphatic rings. The van der Waals surface area contributed by atoms with Gasteiger partial charge in [0.2, 0.25) is 0 Å². The van der Waals surface area contributed by atoms with Gasteiger partial charge in [-0.25, -0.2) is 4.98 Å². The highest BCUT2D eigenvalue weighted by Gasteiger charge is 2.03. The van der Waals surface area contributed by atoms with Crippen LogP contribution in [0, 0.1) is 0 Å². The fourth-order valence-corrected chi connectivity index (χ4v) is 3.05. The molecule has 0 amide bonds. The maximum absolute atomic E-state index is 6.18. The van der Waals surface area contributed by atoms with Crippen molar-refractivity contribution in [2.24, 2.45) is 4.99 Å². The van der Waals surface area contributed by atoms with E-state index in [1.54, 1.807) is 7.05 Å². The average Bonchev–Trinajstić information content (AvgIpc) is 3.08. The van der Waals surface area contributed by atoms with Crippen molar-refractivity contribution in [2.45, 2.75) is 19.3 Å². The van der Waals surface area contributed by atoms with Crippen LogP contribution in [0.2, 0.25) is 5.02 Å². The van der Waals surface area contributed by atoms with Gasteiger partial charge in [-0.3, -0.25) is 4.99 Å². The second kappa shape index (κ2) is 9.25. The van der Waals surface area contributed by atoms with Crippen molar-refractivity contribution in [1.29, 1.82) is 0 Å². The Labute approximate surface area is 158 Å². The van der Waals surface area contributed by atoms with Crippen LogP contribution in [0.1, 0.15) is 17.8 Å². The summed E-state index contributed by atoms with van der Waals surface area (Å²) in [4.78, 5) is 12.2. The molecule has 0 atom stereocenters. The number of hydrogen-bond donors (Lipinski definition) is 3. The summed E-state index contributed by atoms with van der Waals surface area (Å²) in [6.07, 6.45) is 2.74. The maximum atomic E-state index is 6.18. The minimum Gasteiger partial charge on any atom is -0.356 e. The van der Waals surface area contributed by atoms with Gasteiger partial charge in [-0.05, 0) is 36.6 Å². The van der Waals surface area contributed by atoms with E-state index in [9.17, 15) is 0 Å². The zero-order valence-corrected chi connectivity index (χ0v) is 15.7. The number of imidazole rings is 1. The van der Waals surface area contributed by atoms with Crippen LogP contribution < -0.4 is 10.6 Å². The Balaban J connectivity index is 1.38. The molecule has 0 bridgehead atoms. The molecule has 0 fully saturated rings. The first-order chi connectivity index (χ1) is 12.8. The number of benzene rings is 2. The van der Waals surface area contributed by atoms with Crippen LogP contribution in [0.25, 0.3) is 11.0 Å². The van der Waals surface area contributed by atoms with Crippen molar-refractivity contribution >= 4 is 28.6 Å². The first-order valence-electron chi connectivity index (χ1n) is 8.88. The van der Waals surface area contributed by atoms with Crippen molar-refractivity contribution in [3.8, 4) is 0 Å². The first kappa shape index (κ1) is 18.3. The van der Waals surface area contributed by atoms with Crippen molar-refractivity contribution in [3.05, 3.63) is 64.9 Å². The van der Waals surface area contributed by atoms with E-state index >= 15 is 0 Å². The van der Waals surface area contributed by atoms with Crippen molar-refractivity contribution in [3.63, 3.8) is 0 Å². The van der Waals surface area contributed by atoms with E-state index in [0.717, 1.165) is 65.8 Å². The Hall–Kier alpha value is -2.53. The molecule has 6 heteroatoms. The molecule has 136 valence electrons. The molecule has 0 spiro atoms. The quantitative estimate of drug-likeness (QED) is 0.339. The lowest BCUT2D eigenvalue weighted by molar-refractivity contribution is 0.724. The summed E-state index contributed by atoms with van der Waals surface area (Å²) in [7, 11) is 1.78. The molecular weight excluding hydrogens is 346 g/mol. The number of para-hydroxylation sites is 2. The summed E-state index contributed by atoms with van der Waals surface area (Å²) in [5.74, 6) is 1.83. The standard InChI is InChI=1S/C20H24ClN5/c1-22-20(24-14-12-15-7-2-3-8-16(15)21)23-13-6-11-19-25-17-9-4-5-10-18(17)26-19/h2-5,7-10H,6,11-14H2,1H3,(H,25,26)(H2,22,23,24). The lowest BCUT2D eigenvalue weighted by Gasteiger charge is -2.12. The second-order valence-corrected chi connectivity index (χ2v) is 6.48. The molecule has 0 saturated heterocycles. The summed E-state index contributed by atoms with van der Waals surface area (Å²) >= 11 is 6.18. The zero-order valence-electron chi connectivity index (χ0n) is 14.9. The first-order valence-corrected chi connectivity index (χ1v) is 9.25. The number of rotatable bonds is 7. The third-order valence-corrected chi connectivity index (χ3v) is 4.56. The molecule has 0 aliphatic carbocycles. The molecule has 2 aromatic carbocycles. The molecule has 5 nitrogen and oxygen atoms in total. The van der Waals surface area contributed by atoms with E-state index < -0.39 is 0 Å². The van der Waals surface area contributed by atoms with Gasteiger partial charge >= 0.3 is 0 Å². The van der Waals surface area contributed by atoms with Crippen LogP contribution in [0.5, 0.6) is 0 Å². The van der Waals surface area contributed by atoms with Crippen LogP contribution in [0.4, 0.5) is 0 Å². The van der Waals surface area contributed by atoms with Crippen LogP contribution in [0.3, 0.4) is 0 Å². The number of nitrogens with zero attached hydrogens (tertiary/aromatic N) is 2. The van der Waals surface area contributed by atoms with Gasteiger partial charge in [-0.1, -0.05) is 41.9 Å². The molecule has 3 aromatic rings. The Morgan fingerprint density at radius 3 is 2.62 bits per heavy atom. The van der Waals surface area contributed by atoms with Crippen molar-refractivity contribution < 1.29 is 0 Å². The van der Waals surface area contributed by atoms with Gasteiger partial charge in [0.1, 0.15) is 5.82 Å². The zero-order chi connectivity index (χ0) is 18.2. The molecule has 1 heterocycles. The maximum Gasteiger partial charge on any atom is 0.190 e. The number of aromatic amines is 1. The highest BCUT2D eigenvalue weighted by Crippen LogP contribution is 2.14. The van der Waals surface area contributed by atoms with Gasteiger partial charge in [-0.2, -0.15) is 0 Å². The summed E-state index contributed by atoms with van der Waals surface area (Å²) in [6, 6.07) is 16.0. The number of H-pyrrole nitrogens is 1. The molecule has 0 radical (unpaired) electrons. The van der Waals surface area contributed by atoms with E-state index in [0.29, 0.717) is 0 Å². The van der Waals surface area contributed by atoms with Gasteiger partial charge in [0.25, 0.3) is 0 Å². The molecule has 3 N–H and O–H groups in total. The monoisotopic (exact) mass is 369 g/mol. The van der Waals surface area contributed by atoms with Gasteiger partial charge in [0.05, 0.1) is 11.0 Å². The van der Waals surface area contributed by atoms with E-state index in [1.807, 2.05) is 42.5 Å². The predicted octanol–water partition coefficient (Wildman–Crippen LogP) is 3.56. The fraction of sp³-hybridized carbons (Fsp3) is 0.300. The lowest BCUT2D eigenvalue weighted by Crippen LogP contribution is -2.38. The average molecular weight is 370 g/mol. The number of guanidine groups is 1. The third kappa shape index (κ3) is 4.99. The summed E-state index contributed by atoms with van der Waals surface area (Å²) < 4.78 is 0. The summed E-state index contributed by atoms with van der Waals surface area (Å²) in [6.45, 7) is 1.62. The van der Waals surface area contributed by atoms with Crippen LogP contribution in [0.15, 0.2) is 53.5 Å². The van der Waals surface area contributed by atoms with Gasteiger partial charge in [0.15, 0.2) is 5.96 Å². The molecule has 0 aliphatic heterocycles. The van der Waals surface area contributed by atoms with Gasteiger partial charge in [0, 0.05) is 31.6 Å². The Morgan fingerprint density at radius 2 is 1.81 bits per heavy atom. The Morgan fingerprint density at radius 1 is 1.04 bits per heavy atom. The number of nitrogens with one attached hydrogen (secondary N) is 3. The van der Waals surface area contributed by atoms with E-state index in [2.05, 4.69) is 31.7 Å².